The molecule has 0 amide bonds. The van der Waals surface area contributed by atoms with Gasteiger partial charge in [0.2, 0.25) is 0 Å². The van der Waals surface area contributed by atoms with Crippen LogP contribution in [0.1, 0.15) is 0 Å². The molecule has 25 heteroatoms. The van der Waals surface area contributed by atoms with Crippen LogP contribution in [0.15, 0.2) is 15.3 Å². The Morgan fingerprint density at radius 3 is 1.21 bits per heavy atom. The highest BCUT2D eigenvalue weighted by molar-refractivity contribution is 4.62. The van der Waals surface area contributed by atoms with Crippen molar-refractivity contribution >= 4 is 0 Å². The largest absolute Gasteiger partial charge is 0.337 e. The summed E-state index contributed by atoms with van der Waals surface area (Å²) in [5, 5.41) is 66.8. The number of hydrogen-bond acceptors (Lipinski definition) is 13. The van der Waals surface area contributed by atoms with Crippen LogP contribution in [0.25, 0.3) is 0 Å². The highest BCUT2D eigenvalue weighted by Gasteiger charge is 2.12. The Bertz CT molecular complexity index is 1170. The fourth-order valence-electron chi connectivity index (χ4n) is 2.61. The highest BCUT2D eigenvalue weighted by Crippen LogP contribution is 1.93. The zero-order chi connectivity index (χ0) is 24.5. The summed E-state index contributed by atoms with van der Waals surface area (Å²) in [6.45, 7) is 1.16. The summed E-state index contributed by atoms with van der Waals surface area (Å²) in [5.41, 5.74) is -0.782. The van der Waals surface area contributed by atoms with Gasteiger partial charge in [0.25, 0.3) is 0 Å². The van der Waals surface area contributed by atoms with Crippen LogP contribution in [0.3, 0.4) is 0 Å². The average molecular weight is 485 g/mol. The number of aromatic nitrogens is 12. The molecule has 0 atom stereocenters. The van der Waals surface area contributed by atoms with Gasteiger partial charge < -0.3 is 0 Å². The number of H-pyrrole nitrogens is 3. The molecule has 0 aliphatic rings. The van der Waals surface area contributed by atoms with Gasteiger partial charge in [-0.15, -0.1) is 0 Å². The molecule has 182 valence electrons. The van der Waals surface area contributed by atoms with Crippen molar-refractivity contribution in [2.24, 2.45) is 15.3 Å². The van der Waals surface area contributed by atoms with Gasteiger partial charge >= 0.3 is 16.9 Å². The molecular weight excluding hydrogens is 470 g/mol. The molecule has 3 rings (SSSR count). The Labute approximate surface area is 183 Å². The molecule has 0 radical (unpaired) electrons. The molecule has 3 aromatic heterocycles. The first kappa shape index (κ1) is 23.4. The molecular formula is C9H15N19O6. The van der Waals surface area contributed by atoms with Crippen molar-refractivity contribution in [2.75, 3.05) is 19.6 Å². The van der Waals surface area contributed by atoms with Crippen LogP contribution in [-0.4, -0.2) is 100 Å². The molecule has 25 nitrogen and oxygen atoms in total. The van der Waals surface area contributed by atoms with Gasteiger partial charge in [0.1, 0.15) is 15.3 Å². The predicted molar refractivity (Wildman–Crippen MR) is 97.2 cm³/mol. The maximum absolute atomic E-state index is 10.6. The molecule has 0 bridgehead atoms. The normalized spacial score (nSPS) is 13.1. The van der Waals surface area contributed by atoms with Crippen molar-refractivity contribution < 1.29 is 15.1 Å². The number of rotatable bonds is 12. The summed E-state index contributed by atoms with van der Waals surface area (Å²) in [7, 11) is 0. The third kappa shape index (κ3) is 6.63. The Balaban J connectivity index is 1.75. The summed E-state index contributed by atoms with van der Waals surface area (Å²) >= 11 is 0. The van der Waals surface area contributed by atoms with Crippen molar-refractivity contribution in [3.05, 3.63) is 47.2 Å². The third-order valence-corrected chi connectivity index (χ3v) is 4.07. The maximum Gasteiger partial charge on any atom is 0.337 e. The van der Waals surface area contributed by atoms with Gasteiger partial charge in [-0.2, -0.15) is 15.6 Å². The van der Waals surface area contributed by atoms with Crippen molar-refractivity contribution in [2.45, 2.75) is 19.6 Å². The molecule has 0 saturated carbocycles. The van der Waals surface area contributed by atoms with E-state index in [2.05, 4.69) is 61.9 Å². The molecule has 0 saturated heterocycles. The van der Waals surface area contributed by atoms with Crippen LogP contribution in [0, 0.1) is 30.3 Å². The lowest BCUT2D eigenvalue weighted by Crippen LogP contribution is -2.38. The zero-order valence-corrected chi connectivity index (χ0v) is 16.8. The van der Waals surface area contributed by atoms with Crippen LogP contribution in [-0.2, 0) is 19.6 Å². The summed E-state index contributed by atoms with van der Waals surface area (Å²) < 4.78 is 3.69. The van der Waals surface area contributed by atoms with Crippen LogP contribution in [0.5, 0.6) is 0 Å². The minimum absolute atomic E-state index is 0.135. The quantitative estimate of drug-likeness (QED) is 0.159. The van der Waals surface area contributed by atoms with Crippen LogP contribution >= 0.6 is 0 Å². The molecule has 0 spiro atoms. The van der Waals surface area contributed by atoms with Gasteiger partial charge in [0.15, 0.2) is 15.1 Å². The van der Waals surface area contributed by atoms with E-state index in [4.69, 9.17) is 0 Å². The molecule has 3 aromatic rings. The van der Waals surface area contributed by atoms with E-state index in [1.807, 2.05) is 0 Å². The smallest absolute Gasteiger partial charge is 0.298 e. The van der Waals surface area contributed by atoms with Crippen LogP contribution < -0.4 is 16.9 Å². The van der Waals surface area contributed by atoms with E-state index in [0.29, 0.717) is 0 Å². The first-order valence-electron chi connectivity index (χ1n) is 9.05. The number of hydrogen-bond donors (Lipinski definition) is 3. The summed E-state index contributed by atoms with van der Waals surface area (Å²) in [6, 6.07) is 0. The second kappa shape index (κ2) is 10.9. The Morgan fingerprint density at radius 1 is 0.647 bits per heavy atom. The molecule has 0 unspecified atom stereocenters. The molecule has 0 aliphatic carbocycles. The predicted octanol–water partition coefficient (Wildman–Crippen LogP) is -5.57. The van der Waals surface area contributed by atoms with E-state index < -0.39 is 15.1 Å². The highest BCUT2D eigenvalue weighted by atomic mass is 16.7. The van der Waals surface area contributed by atoms with E-state index in [1.165, 1.54) is 14.0 Å². The number of tetrazole rings is 3. The standard InChI is InChI=1S/C9H15N19O6/c29-26(30)13-7-10-16-19-23(7)4-1-22(2-5-24-8(11-17-20-24)14-27(31)32)3-6-25-9(12-18-21-25)15-28(33)34/h1-6H2,(H,10,13,19)(H,11,14,20)(H,12,15,21). The molecule has 34 heavy (non-hydrogen) atoms. The van der Waals surface area contributed by atoms with Gasteiger partial charge in [-0.1, -0.05) is 15.3 Å². The van der Waals surface area contributed by atoms with E-state index >= 15 is 0 Å². The van der Waals surface area contributed by atoms with Gasteiger partial charge in [0.05, 0.1) is 19.6 Å². The average Bonchev–Trinajstić information content (AvgIpc) is 3.49. The van der Waals surface area contributed by atoms with Crippen LogP contribution in [0.4, 0.5) is 0 Å². The Morgan fingerprint density at radius 2 is 0.941 bits per heavy atom. The molecule has 0 aromatic carbocycles. The second-order valence-electron chi connectivity index (χ2n) is 6.11. The van der Waals surface area contributed by atoms with Gasteiger partial charge in [0, 0.05) is 19.6 Å². The topological polar surface area (TPSA) is 309 Å². The third-order valence-electron chi connectivity index (χ3n) is 4.07. The fraction of sp³-hybridized carbons (Fsp3) is 0.667. The minimum Gasteiger partial charge on any atom is -0.298 e. The van der Waals surface area contributed by atoms with Gasteiger partial charge in [-0.3, -0.25) is 4.90 Å². The first-order valence-corrected chi connectivity index (χ1v) is 9.05. The van der Waals surface area contributed by atoms with Gasteiger partial charge in [-0.25, -0.2) is 44.4 Å². The first-order chi connectivity index (χ1) is 16.3. The van der Waals surface area contributed by atoms with Gasteiger partial charge in [-0.05, 0) is 15.6 Å². The summed E-state index contributed by atoms with van der Waals surface area (Å²) in [5.74, 6) is 0. The lowest BCUT2D eigenvalue weighted by Gasteiger charge is -2.21. The van der Waals surface area contributed by atoms with E-state index in [9.17, 15) is 30.3 Å². The Kier molecular flexibility index (Phi) is 7.50. The van der Waals surface area contributed by atoms with Crippen molar-refractivity contribution in [3.63, 3.8) is 0 Å². The van der Waals surface area contributed by atoms with Crippen molar-refractivity contribution in [1.29, 1.82) is 0 Å². The number of nitrogens with zero attached hydrogens (tertiary/aromatic N) is 16. The number of nitrogens with one attached hydrogen (secondary N) is 3. The number of aromatic amines is 3. The van der Waals surface area contributed by atoms with Crippen molar-refractivity contribution in [3.8, 4) is 0 Å². The molecule has 0 fully saturated rings. The molecule has 3 heterocycles. The van der Waals surface area contributed by atoms with E-state index in [1.54, 1.807) is 4.90 Å². The zero-order valence-electron chi connectivity index (χ0n) is 16.8. The van der Waals surface area contributed by atoms with E-state index in [-0.39, 0.29) is 56.1 Å². The monoisotopic (exact) mass is 485 g/mol. The fourth-order valence-corrected chi connectivity index (χ4v) is 2.61. The lowest BCUT2D eigenvalue weighted by molar-refractivity contribution is -0.491. The molecule has 0 aliphatic heterocycles. The minimum atomic E-state index is -0.920. The Hall–Kier alpha value is -5.23. The summed E-state index contributed by atoms with van der Waals surface area (Å²) in [6.07, 6.45) is 0. The second-order valence-corrected chi connectivity index (χ2v) is 6.11. The lowest BCUT2D eigenvalue weighted by atomic mass is 10.4. The SMILES string of the molecule is O=[N+]([O-])/N=c1/nn[nH]n1CCN(CCn1[nH]nn/c1=N\[N+](=O)[O-])CCn1[nH]nn/c1=N\[N+](=O)[O-]. The van der Waals surface area contributed by atoms with Crippen LogP contribution in [0.2, 0.25) is 0 Å². The van der Waals surface area contributed by atoms with Crippen molar-refractivity contribution in [1.82, 2.24) is 65.5 Å². The van der Waals surface area contributed by atoms with E-state index in [0.717, 1.165) is 0 Å². The summed E-state index contributed by atoms with van der Waals surface area (Å²) in [4.78, 5) is 33.7. The number of nitro groups is 3. The maximum atomic E-state index is 10.6. The molecule has 3 N–H and O–H groups in total.